The number of anilines is 1. The molecule has 0 radical (unpaired) electrons. The maximum atomic E-state index is 13.2. The van der Waals surface area contributed by atoms with Crippen LogP contribution in [-0.2, 0) is 16.6 Å². The normalized spacial score (nSPS) is 21.0. The number of likely N-dealkylation sites (tertiary alicyclic amines) is 1. The van der Waals surface area contributed by atoms with E-state index < -0.39 is 0 Å². The van der Waals surface area contributed by atoms with Crippen molar-refractivity contribution in [3.8, 4) is 11.3 Å². The second kappa shape index (κ2) is 8.05. The van der Waals surface area contributed by atoms with E-state index in [1.807, 2.05) is 30.1 Å². The molecule has 1 unspecified atom stereocenters. The Hall–Kier alpha value is -2.77. The van der Waals surface area contributed by atoms with Crippen molar-refractivity contribution in [2.75, 3.05) is 31.6 Å². The molecule has 1 atom stereocenters. The molecule has 31 heavy (non-hydrogen) atoms. The number of aryl methyl sites for hydroxylation is 1. The van der Waals surface area contributed by atoms with Crippen molar-refractivity contribution < 1.29 is 9.53 Å². The van der Waals surface area contributed by atoms with Crippen LogP contribution in [0.4, 0.5) is 5.82 Å². The number of hydrogen-bond acceptors (Lipinski definition) is 5. The standard InChI is InChI=1S/C24H29N5O2/c1-24(14-31-15-24)13-29-8-4-3-5-20(29)23(30)27-22-10-19-9-17(6-7-18(19)11-26-22)21-12-25-16-28(21)2/h6-7,9-12,16,20H,3-5,8,13-15H2,1-2H3,(H,26,27,30). The number of rotatable bonds is 5. The first kappa shape index (κ1) is 20.2. The minimum absolute atomic E-state index is 0.0400. The van der Waals surface area contributed by atoms with E-state index in [0.29, 0.717) is 5.82 Å². The number of ether oxygens (including phenoxy) is 1. The summed E-state index contributed by atoms with van der Waals surface area (Å²) in [6.07, 6.45) is 8.59. The summed E-state index contributed by atoms with van der Waals surface area (Å²) in [5, 5.41) is 5.17. The van der Waals surface area contributed by atoms with Gasteiger partial charge >= 0.3 is 0 Å². The number of aromatic nitrogens is 3. The molecule has 1 aromatic carbocycles. The lowest BCUT2D eigenvalue weighted by atomic mass is 9.86. The van der Waals surface area contributed by atoms with E-state index in [1.165, 1.54) is 0 Å². The van der Waals surface area contributed by atoms with Gasteiger partial charge in [-0.2, -0.15) is 0 Å². The third kappa shape index (κ3) is 4.07. The molecule has 0 saturated carbocycles. The van der Waals surface area contributed by atoms with Crippen molar-refractivity contribution in [2.45, 2.75) is 32.2 Å². The van der Waals surface area contributed by atoms with Gasteiger partial charge in [-0.3, -0.25) is 9.69 Å². The van der Waals surface area contributed by atoms with E-state index in [2.05, 4.69) is 45.3 Å². The molecule has 2 aliphatic rings. The Balaban J connectivity index is 1.35. The summed E-state index contributed by atoms with van der Waals surface area (Å²) in [5.74, 6) is 0.640. The predicted octanol–water partition coefficient (Wildman–Crippen LogP) is 3.46. The van der Waals surface area contributed by atoms with Crippen molar-refractivity contribution in [3.63, 3.8) is 0 Å². The van der Waals surface area contributed by atoms with Gasteiger partial charge in [0.25, 0.3) is 0 Å². The number of imidazole rings is 1. The van der Waals surface area contributed by atoms with Crippen LogP contribution in [0, 0.1) is 5.41 Å². The predicted molar refractivity (Wildman–Crippen MR) is 121 cm³/mol. The Morgan fingerprint density at radius 1 is 1.23 bits per heavy atom. The van der Waals surface area contributed by atoms with Crippen molar-refractivity contribution in [1.29, 1.82) is 0 Å². The highest BCUT2D eigenvalue weighted by molar-refractivity contribution is 5.96. The van der Waals surface area contributed by atoms with Crippen LogP contribution in [0.25, 0.3) is 22.0 Å². The topological polar surface area (TPSA) is 72.3 Å². The van der Waals surface area contributed by atoms with Gasteiger partial charge in [-0.15, -0.1) is 0 Å². The number of pyridine rings is 1. The quantitative estimate of drug-likeness (QED) is 0.686. The average molecular weight is 420 g/mol. The highest BCUT2D eigenvalue weighted by atomic mass is 16.5. The molecule has 2 aromatic heterocycles. The van der Waals surface area contributed by atoms with Crippen molar-refractivity contribution in [1.82, 2.24) is 19.4 Å². The molecular weight excluding hydrogens is 390 g/mol. The van der Waals surface area contributed by atoms with Crippen LogP contribution in [0.2, 0.25) is 0 Å². The lowest BCUT2D eigenvalue weighted by Crippen LogP contribution is -2.55. The average Bonchev–Trinajstić information content (AvgIpc) is 3.18. The Bertz CT molecular complexity index is 1100. The van der Waals surface area contributed by atoms with Gasteiger partial charge in [-0.1, -0.05) is 25.5 Å². The number of benzene rings is 1. The summed E-state index contributed by atoms with van der Waals surface area (Å²) in [7, 11) is 1.98. The largest absolute Gasteiger partial charge is 0.380 e. The van der Waals surface area contributed by atoms with Crippen LogP contribution < -0.4 is 5.32 Å². The number of nitrogens with zero attached hydrogens (tertiary/aromatic N) is 4. The molecule has 1 amide bonds. The number of nitrogens with one attached hydrogen (secondary N) is 1. The van der Waals surface area contributed by atoms with Gasteiger partial charge in [0.15, 0.2) is 0 Å². The van der Waals surface area contributed by atoms with Crippen molar-refractivity contribution >= 4 is 22.5 Å². The summed E-state index contributed by atoms with van der Waals surface area (Å²) in [6, 6.07) is 8.10. The molecule has 2 saturated heterocycles. The zero-order chi connectivity index (χ0) is 21.4. The van der Waals surface area contributed by atoms with Gasteiger partial charge in [0.05, 0.1) is 37.5 Å². The van der Waals surface area contributed by atoms with Gasteiger partial charge in [-0.25, -0.2) is 9.97 Å². The Morgan fingerprint density at radius 3 is 2.84 bits per heavy atom. The fourth-order valence-corrected chi connectivity index (χ4v) is 4.72. The zero-order valence-electron chi connectivity index (χ0n) is 18.2. The summed E-state index contributed by atoms with van der Waals surface area (Å²) >= 11 is 0. The molecule has 7 heteroatoms. The van der Waals surface area contributed by atoms with Crippen LogP contribution >= 0.6 is 0 Å². The number of hydrogen-bond donors (Lipinski definition) is 1. The SMILES string of the molecule is Cn1cncc1-c1ccc2cnc(NC(=O)C3CCCCN3CC3(C)COC3)cc2c1. The Kier molecular flexibility index (Phi) is 5.24. The van der Waals surface area contributed by atoms with E-state index in [9.17, 15) is 4.79 Å². The maximum absolute atomic E-state index is 13.2. The molecule has 0 bridgehead atoms. The zero-order valence-corrected chi connectivity index (χ0v) is 18.2. The summed E-state index contributed by atoms with van der Waals surface area (Å²) < 4.78 is 7.41. The molecule has 162 valence electrons. The van der Waals surface area contributed by atoms with Crippen LogP contribution in [0.3, 0.4) is 0 Å². The van der Waals surface area contributed by atoms with Crippen LogP contribution in [-0.4, -0.2) is 57.7 Å². The minimum Gasteiger partial charge on any atom is -0.380 e. The molecule has 4 heterocycles. The molecule has 1 N–H and O–H groups in total. The first-order valence-electron chi connectivity index (χ1n) is 11.0. The van der Waals surface area contributed by atoms with Crippen LogP contribution in [0.15, 0.2) is 43.0 Å². The minimum atomic E-state index is -0.107. The first-order chi connectivity index (χ1) is 15.0. The van der Waals surface area contributed by atoms with Crippen LogP contribution in [0.5, 0.6) is 0 Å². The lowest BCUT2D eigenvalue weighted by Gasteiger charge is -2.45. The van der Waals surface area contributed by atoms with Crippen molar-refractivity contribution in [3.05, 3.63) is 43.0 Å². The number of carbonyl (C=O) groups is 1. The van der Waals surface area contributed by atoms with Gasteiger partial charge in [0.2, 0.25) is 5.91 Å². The first-order valence-corrected chi connectivity index (χ1v) is 11.0. The highest BCUT2D eigenvalue weighted by Gasteiger charge is 2.39. The number of carbonyl (C=O) groups excluding carboxylic acids is 1. The van der Waals surface area contributed by atoms with E-state index in [4.69, 9.17) is 4.74 Å². The van der Waals surface area contributed by atoms with Crippen molar-refractivity contribution in [2.24, 2.45) is 12.5 Å². The number of piperidine rings is 1. The molecular formula is C24H29N5O2. The van der Waals surface area contributed by atoms with Gasteiger partial charge in [-0.05, 0) is 36.9 Å². The third-order valence-electron chi connectivity index (χ3n) is 6.49. The van der Waals surface area contributed by atoms with Gasteiger partial charge in [0, 0.05) is 36.2 Å². The molecule has 2 aliphatic heterocycles. The second-order valence-corrected chi connectivity index (χ2v) is 9.30. The number of fused-ring (bicyclic) bond motifs is 1. The van der Waals surface area contributed by atoms with Crippen LogP contribution in [0.1, 0.15) is 26.2 Å². The summed E-state index contributed by atoms with van der Waals surface area (Å²) in [6.45, 7) is 5.67. The Morgan fingerprint density at radius 2 is 2.10 bits per heavy atom. The summed E-state index contributed by atoms with van der Waals surface area (Å²) in [5.41, 5.74) is 2.31. The summed E-state index contributed by atoms with van der Waals surface area (Å²) in [4.78, 5) is 24.2. The molecule has 0 spiro atoms. The smallest absolute Gasteiger partial charge is 0.242 e. The molecule has 0 aliphatic carbocycles. The molecule has 3 aromatic rings. The van der Waals surface area contributed by atoms with E-state index in [0.717, 1.165) is 67.6 Å². The Labute approximate surface area is 182 Å². The molecule has 5 rings (SSSR count). The third-order valence-corrected chi connectivity index (χ3v) is 6.49. The second-order valence-electron chi connectivity index (χ2n) is 9.30. The fourth-order valence-electron chi connectivity index (χ4n) is 4.72. The monoisotopic (exact) mass is 419 g/mol. The van der Waals surface area contributed by atoms with Gasteiger partial charge < -0.3 is 14.6 Å². The van der Waals surface area contributed by atoms with E-state index in [1.54, 1.807) is 6.33 Å². The van der Waals surface area contributed by atoms with E-state index >= 15 is 0 Å². The highest BCUT2D eigenvalue weighted by Crippen LogP contribution is 2.31. The molecule has 7 nitrogen and oxygen atoms in total. The van der Waals surface area contributed by atoms with Gasteiger partial charge in [0.1, 0.15) is 5.82 Å². The number of amides is 1. The fraction of sp³-hybridized carbons (Fsp3) is 0.458. The maximum Gasteiger partial charge on any atom is 0.242 e. The molecule has 2 fully saturated rings. The van der Waals surface area contributed by atoms with E-state index in [-0.39, 0.29) is 17.4 Å². The lowest BCUT2D eigenvalue weighted by molar-refractivity contribution is -0.134.